The van der Waals surface area contributed by atoms with E-state index in [1.54, 1.807) is 25.1 Å². The molecule has 0 heterocycles. The number of nitro benzene ring substituents is 1. The fraction of sp³-hybridized carbons (Fsp3) is 0.391. The van der Waals surface area contributed by atoms with Crippen molar-refractivity contribution in [1.29, 1.82) is 0 Å². The molecule has 1 unspecified atom stereocenters. The maximum atomic E-state index is 13.2. The third-order valence-corrected chi connectivity index (χ3v) is 5.66. The van der Waals surface area contributed by atoms with Crippen LogP contribution >= 0.6 is 23.2 Å². The van der Waals surface area contributed by atoms with Gasteiger partial charge in [-0.15, -0.1) is 0 Å². The van der Waals surface area contributed by atoms with Gasteiger partial charge in [-0.3, -0.25) is 19.7 Å². The Hall–Kier alpha value is -3.04. The molecule has 0 aliphatic carbocycles. The molecule has 2 amide bonds. The highest BCUT2D eigenvalue weighted by molar-refractivity contribution is 6.36. The average molecular weight is 512 g/mol. The minimum atomic E-state index is -0.839. The molecule has 34 heavy (non-hydrogen) atoms. The van der Waals surface area contributed by atoms with Crippen LogP contribution in [0.4, 0.5) is 5.69 Å². The van der Waals surface area contributed by atoms with E-state index in [2.05, 4.69) is 5.32 Å². The fourth-order valence-electron chi connectivity index (χ4n) is 3.02. The first-order valence-corrected chi connectivity index (χ1v) is 11.3. The number of rotatable bonds is 11. The van der Waals surface area contributed by atoms with Gasteiger partial charge in [0, 0.05) is 40.8 Å². The third-order valence-electron chi connectivity index (χ3n) is 4.95. The van der Waals surface area contributed by atoms with Crippen LogP contribution in [-0.2, 0) is 16.1 Å². The number of benzene rings is 2. The zero-order chi connectivity index (χ0) is 25.4. The summed E-state index contributed by atoms with van der Waals surface area (Å²) in [6.07, 6.45) is 0. The van der Waals surface area contributed by atoms with Crippen molar-refractivity contribution in [3.05, 3.63) is 62.1 Å². The molecular weight excluding hydrogens is 485 g/mol. The topological polar surface area (TPSA) is 111 Å². The van der Waals surface area contributed by atoms with Crippen LogP contribution in [0, 0.1) is 16.0 Å². The van der Waals surface area contributed by atoms with E-state index in [1.807, 2.05) is 13.8 Å². The van der Waals surface area contributed by atoms with Crippen LogP contribution in [0.25, 0.3) is 0 Å². The van der Waals surface area contributed by atoms with E-state index in [0.29, 0.717) is 22.2 Å². The Morgan fingerprint density at radius 2 is 1.79 bits per heavy atom. The summed E-state index contributed by atoms with van der Waals surface area (Å²) in [6.45, 7) is 5.54. The molecule has 2 rings (SSSR count). The van der Waals surface area contributed by atoms with Gasteiger partial charge in [-0.05, 0) is 31.0 Å². The lowest BCUT2D eigenvalue weighted by molar-refractivity contribution is -0.385. The Bertz CT molecular complexity index is 1030. The van der Waals surface area contributed by atoms with Crippen LogP contribution in [-0.4, -0.2) is 47.9 Å². The van der Waals surface area contributed by atoms with Crippen molar-refractivity contribution in [2.24, 2.45) is 5.92 Å². The highest BCUT2D eigenvalue weighted by atomic mass is 35.5. The number of amides is 2. The van der Waals surface area contributed by atoms with Gasteiger partial charge in [0.25, 0.3) is 5.91 Å². The zero-order valence-corrected chi connectivity index (χ0v) is 20.9. The minimum absolute atomic E-state index is 0.00362. The van der Waals surface area contributed by atoms with Crippen LogP contribution in [0.2, 0.25) is 10.0 Å². The van der Waals surface area contributed by atoms with Crippen LogP contribution in [0.1, 0.15) is 26.3 Å². The van der Waals surface area contributed by atoms with Crippen molar-refractivity contribution in [3.63, 3.8) is 0 Å². The Morgan fingerprint density at radius 1 is 1.15 bits per heavy atom. The number of carbonyl (C=O) groups excluding carboxylic acids is 2. The van der Waals surface area contributed by atoms with E-state index in [0.717, 1.165) is 0 Å². The summed E-state index contributed by atoms with van der Waals surface area (Å²) in [5.41, 5.74) is 0.270. The van der Waals surface area contributed by atoms with Gasteiger partial charge in [0.1, 0.15) is 11.8 Å². The molecule has 1 N–H and O–H groups in total. The van der Waals surface area contributed by atoms with Crippen molar-refractivity contribution >= 4 is 40.7 Å². The number of hydrogen-bond acceptors (Lipinski definition) is 6. The number of nitrogens with zero attached hydrogens (tertiary/aromatic N) is 2. The average Bonchev–Trinajstić information content (AvgIpc) is 2.80. The van der Waals surface area contributed by atoms with Crippen molar-refractivity contribution in [3.8, 4) is 11.5 Å². The SMILES string of the molecule is COc1cc(OCC(=O)N(Cc2c(Cl)cccc2Cl)C(C)C(=O)NCC(C)C)ccc1[N+](=O)[O-]. The largest absolute Gasteiger partial charge is 0.490 e. The summed E-state index contributed by atoms with van der Waals surface area (Å²) >= 11 is 12.6. The Labute approximate surface area is 208 Å². The van der Waals surface area contributed by atoms with E-state index in [1.165, 1.54) is 30.2 Å². The molecule has 0 saturated heterocycles. The summed E-state index contributed by atoms with van der Waals surface area (Å²) in [5.74, 6) is -0.402. The molecule has 184 valence electrons. The molecule has 0 bridgehead atoms. The van der Waals surface area contributed by atoms with Gasteiger partial charge in [0.05, 0.1) is 12.0 Å². The highest BCUT2D eigenvalue weighted by Crippen LogP contribution is 2.31. The first-order chi connectivity index (χ1) is 16.0. The lowest BCUT2D eigenvalue weighted by Crippen LogP contribution is -2.49. The predicted molar refractivity (Wildman–Crippen MR) is 129 cm³/mol. The van der Waals surface area contributed by atoms with Crippen LogP contribution in [0.15, 0.2) is 36.4 Å². The van der Waals surface area contributed by atoms with E-state index < -0.39 is 23.5 Å². The highest BCUT2D eigenvalue weighted by Gasteiger charge is 2.28. The van der Waals surface area contributed by atoms with Crippen molar-refractivity contribution < 1.29 is 24.0 Å². The Kier molecular flexibility index (Phi) is 9.95. The molecule has 11 heteroatoms. The first kappa shape index (κ1) is 27.2. The number of ether oxygens (including phenoxy) is 2. The molecule has 2 aromatic rings. The fourth-order valence-corrected chi connectivity index (χ4v) is 3.53. The first-order valence-electron chi connectivity index (χ1n) is 10.5. The molecule has 0 radical (unpaired) electrons. The molecule has 1 atom stereocenters. The lowest BCUT2D eigenvalue weighted by atomic mass is 10.1. The number of carbonyl (C=O) groups is 2. The second-order valence-electron chi connectivity index (χ2n) is 7.92. The predicted octanol–water partition coefficient (Wildman–Crippen LogP) is 4.48. The van der Waals surface area contributed by atoms with Gasteiger partial charge >= 0.3 is 5.69 Å². The van der Waals surface area contributed by atoms with Gasteiger partial charge in [-0.2, -0.15) is 0 Å². The summed E-state index contributed by atoms with van der Waals surface area (Å²) in [4.78, 5) is 37.7. The molecule has 2 aromatic carbocycles. The summed E-state index contributed by atoms with van der Waals surface area (Å²) in [5, 5.41) is 14.6. The van der Waals surface area contributed by atoms with Crippen LogP contribution < -0.4 is 14.8 Å². The maximum Gasteiger partial charge on any atom is 0.311 e. The van der Waals surface area contributed by atoms with Gasteiger partial charge in [-0.25, -0.2) is 0 Å². The molecular formula is C23H27Cl2N3O6. The van der Waals surface area contributed by atoms with Gasteiger partial charge in [0.2, 0.25) is 11.7 Å². The van der Waals surface area contributed by atoms with E-state index in [-0.39, 0.29) is 35.6 Å². The Balaban J connectivity index is 2.24. The number of halogens is 2. The molecule has 0 spiro atoms. The second-order valence-corrected chi connectivity index (χ2v) is 8.73. The van der Waals surface area contributed by atoms with E-state index in [9.17, 15) is 19.7 Å². The Morgan fingerprint density at radius 3 is 2.35 bits per heavy atom. The van der Waals surface area contributed by atoms with Gasteiger partial charge in [-0.1, -0.05) is 43.1 Å². The molecule has 9 nitrogen and oxygen atoms in total. The molecule has 0 fully saturated rings. The second kappa shape index (κ2) is 12.4. The summed E-state index contributed by atoms with van der Waals surface area (Å²) in [7, 11) is 1.30. The van der Waals surface area contributed by atoms with Crippen molar-refractivity contribution in [2.45, 2.75) is 33.4 Å². The normalized spacial score (nSPS) is 11.6. The molecule has 0 aliphatic heterocycles. The molecule has 0 aromatic heterocycles. The maximum absolute atomic E-state index is 13.2. The van der Waals surface area contributed by atoms with Crippen LogP contribution in [0.3, 0.4) is 0 Å². The number of nitro groups is 1. The summed E-state index contributed by atoms with van der Waals surface area (Å²) < 4.78 is 10.6. The monoisotopic (exact) mass is 511 g/mol. The minimum Gasteiger partial charge on any atom is -0.490 e. The van der Waals surface area contributed by atoms with Crippen molar-refractivity contribution in [1.82, 2.24) is 10.2 Å². The smallest absolute Gasteiger partial charge is 0.311 e. The van der Waals surface area contributed by atoms with E-state index >= 15 is 0 Å². The van der Waals surface area contributed by atoms with E-state index in [4.69, 9.17) is 32.7 Å². The molecule has 0 aliphatic rings. The standard InChI is InChI=1S/C23H27Cl2N3O6/c1-14(2)11-26-23(30)15(3)27(12-17-18(24)6-5-7-19(17)25)22(29)13-34-16-8-9-20(28(31)32)21(10-16)33-4/h5-10,14-15H,11-13H2,1-4H3,(H,26,30). The third kappa shape index (κ3) is 7.23. The molecule has 0 saturated carbocycles. The van der Waals surface area contributed by atoms with Crippen LogP contribution in [0.5, 0.6) is 11.5 Å². The van der Waals surface area contributed by atoms with Gasteiger partial charge in [0.15, 0.2) is 6.61 Å². The quantitative estimate of drug-likeness (QED) is 0.351. The number of nitrogens with one attached hydrogen (secondary N) is 1. The number of hydrogen-bond donors (Lipinski definition) is 1. The van der Waals surface area contributed by atoms with Gasteiger partial charge < -0.3 is 19.7 Å². The lowest BCUT2D eigenvalue weighted by Gasteiger charge is -2.29. The zero-order valence-electron chi connectivity index (χ0n) is 19.3. The summed E-state index contributed by atoms with van der Waals surface area (Å²) in [6, 6.07) is 8.05. The van der Waals surface area contributed by atoms with Crippen molar-refractivity contribution in [2.75, 3.05) is 20.3 Å². The number of methoxy groups -OCH3 is 1.